The molecule has 34 heavy (non-hydrogen) atoms. The lowest BCUT2D eigenvalue weighted by atomic mass is 10.1. The second-order valence-corrected chi connectivity index (χ2v) is 9.14. The number of nitrogens with zero attached hydrogens (tertiary/aromatic N) is 3. The maximum Gasteiger partial charge on any atom is 0.278 e. The summed E-state index contributed by atoms with van der Waals surface area (Å²) in [5, 5.41) is 4.18. The summed E-state index contributed by atoms with van der Waals surface area (Å²) in [5.41, 5.74) is 5.18. The quantitative estimate of drug-likeness (QED) is 0.472. The van der Waals surface area contributed by atoms with Crippen LogP contribution in [0.15, 0.2) is 47.3 Å². The Morgan fingerprint density at radius 3 is 2.59 bits per heavy atom. The van der Waals surface area contributed by atoms with Crippen molar-refractivity contribution < 1.29 is 4.74 Å². The highest BCUT2D eigenvalue weighted by atomic mass is 35.5. The Kier molecular flexibility index (Phi) is 7.29. The van der Waals surface area contributed by atoms with Gasteiger partial charge in [-0.25, -0.2) is 4.98 Å². The second-order valence-electron chi connectivity index (χ2n) is 8.74. The van der Waals surface area contributed by atoms with E-state index in [1.807, 2.05) is 51.0 Å². The van der Waals surface area contributed by atoms with Crippen molar-refractivity contribution in [1.82, 2.24) is 9.55 Å². The molecule has 0 fully saturated rings. The Bertz CT molecular complexity index is 1240. The molecule has 7 heteroatoms. The van der Waals surface area contributed by atoms with Crippen LogP contribution in [-0.4, -0.2) is 36.4 Å². The average Bonchev–Trinajstić information content (AvgIpc) is 3.17. The van der Waals surface area contributed by atoms with Crippen LogP contribution >= 0.6 is 11.6 Å². The van der Waals surface area contributed by atoms with Crippen molar-refractivity contribution in [1.29, 1.82) is 0 Å². The number of hydrogen-bond donors (Lipinski definition) is 1. The van der Waals surface area contributed by atoms with Gasteiger partial charge in [0.2, 0.25) is 0 Å². The third-order valence-corrected chi connectivity index (χ3v) is 6.78. The van der Waals surface area contributed by atoms with Crippen LogP contribution in [0, 0.1) is 0 Å². The van der Waals surface area contributed by atoms with Gasteiger partial charge in [-0.3, -0.25) is 9.36 Å². The molecule has 0 amide bonds. The molecule has 180 valence electrons. The zero-order chi connectivity index (χ0) is 24.4. The molecule has 3 aromatic rings. The number of aromatic nitrogens is 2. The maximum atomic E-state index is 13.6. The monoisotopic (exact) mass is 480 g/mol. The molecular formula is C27H33ClN4O2. The number of fused-ring (bicyclic) bond motifs is 1. The Labute approximate surface area is 206 Å². The van der Waals surface area contributed by atoms with E-state index >= 15 is 0 Å². The minimum Gasteiger partial charge on any atom is -0.378 e. The molecular weight excluding hydrogens is 448 g/mol. The van der Waals surface area contributed by atoms with E-state index in [1.54, 1.807) is 4.57 Å². The normalized spacial score (nSPS) is 17.0. The molecule has 1 unspecified atom stereocenters. The van der Waals surface area contributed by atoms with Gasteiger partial charge in [0.15, 0.2) is 0 Å². The molecule has 2 atom stereocenters. The Hall–Kier alpha value is -2.83. The summed E-state index contributed by atoms with van der Waals surface area (Å²) in [6.45, 7) is 7.21. The van der Waals surface area contributed by atoms with Crippen molar-refractivity contribution in [2.45, 2.75) is 52.3 Å². The van der Waals surface area contributed by atoms with Crippen molar-refractivity contribution in [2.75, 3.05) is 30.9 Å². The van der Waals surface area contributed by atoms with Gasteiger partial charge in [-0.2, -0.15) is 0 Å². The zero-order valence-corrected chi connectivity index (χ0v) is 21.3. The first kappa shape index (κ1) is 24.3. The molecule has 0 radical (unpaired) electrons. The molecule has 4 rings (SSSR count). The molecule has 1 heterocycles. The Morgan fingerprint density at radius 1 is 1.18 bits per heavy atom. The predicted octanol–water partition coefficient (Wildman–Crippen LogP) is 5.33. The summed E-state index contributed by atoms with van der Waals surface area (Å²) in [7, 11) is 3.92. The summed E-state index contributed by atoms with van der Waals surface area (Å²) in [6.07, 6.45) is 1.52. The van der Waals surface area contributed by atoms with Crippen LogP contribution in [0.2, 0.25) is 5.02 Å². The van der Waals surface area contributed by atoms with Crippen LogP contribution in [0.1, 0.15) is 43.6 Å². The van der Waals surface area contributed by atoms with E-state index in [4.69, 9.17) is 21.3 Å². The number of hydrogen-bond acceptors (Lipinski definition) is 5. The number of rotatable bonds is 8. The van der Waals surface area contributed by atoms with Gasteiger partial charge in [-0.15, -0.1) is 0 Å². The van der Waals surface area contributed by atoms with E-state index in [0.29, 0.717) is 35.9 Å². The minimum absolute atomic E-state index is 0.000197. The van der Waals surface area contributed by atoms with Gasteiger partial charge < -0.3 is 15.0 Å². The van der Waals surface area contributed by atoms with Crippen LogP contribution in [0.3, 0.4) is 0 Å². The minimum atomic E-state index is -0.152. The number of halogens is 1. The summed E-state index contributed by atoms with van der Waals surface area (Å²) in [5.74, 6) is 0.756. The smallest absolute Gasteiger partial charge is 0.278 e. The van der Waals surface area contributed by atoms with E-state index in [2.05, 4.69) is 36.5 Å². The van der Waals surface area contributed by atoms with Crippen molar-refractivity contribution in [2.24, 2.45) is 0 Å². The third-order valence-electron chi connectivity index (χ3n) is 6.47. The van der Waals surface area contributed by atoms with Crippen molar-refractivity contribution >= 4 is 23.1 Å². The molecule has 0 spiro atoms. The third kappa shape index (κ3) is 4.44. The molecule has 6 nitrogen and oxygen atoms in total. The molecule has 1 aromatic heterocycles. The summed E-state index contributed by atoms with van der Waals surface area (Å²) in [6, 6.07) is 14.1. The molecule has 0 saturated heterocycles. The molecule has 1 aliphatic carbocycles. The average molecular weight is 481 g/mol. The second kappa shape index (κ2) is 10.2. The maximum absolute atomic E-state index is 13.6. The number of anilines is 2. The number of benzene rings is 2. The largest absolute Gasteiger partial charge is 0.378 e. The van der Waals surface area contributed by atoms with E-state index in [1.165, 1.54) is 11.1 Å². The number of ether oxygens (including phenoxy) is 1. The fourth-order valence-electron chi connectivity index (χ4n) is 4.73. The highest BCUT2D eigenvalue weighted by Crippen LogP contribution is 2.37. The van der Waals surface area contributed by atoms with Gasteiger partial charge in [0.25, 0.3) is 5.56 Å². The molecule has 0 aliphatic heterocycles. The highest BCUT2D eigenvalue weighted by Gasteiger charge is 2.34. The van der Waals surface area contributed by atoms with Crippen molar-refractivity contribution in [3.63, 3.8) is 0 Å². The van der Waals surface area contributed by atoms with Gasteiger partial charge >= 0.3 is 0 Å². The molecule has 1 aliphatic rings. The first-order valence-corrected chi connectivity index (χ1v) is 12.3. The van der Waals surface area contributed by atoms with Gasteiger partial charge in [0.05, 0.1) is 22.9 Å². The fourth-order valence-corrected chi connectivity index (χ4v) is 4.99. The van der Waals surface area contributed by atoms with Gasteiger partial charge in [0, 0.05) is 44.9 Å². The van der Waals surface area contributed by atoms with Crippen LogP contribution in [0.4, 0.5) is 11.5 Å². The number of nitrogens with one attached hydrogen (secondary N) is 1. The van der Waals surface area contributed by atoms with Crippen LogP contribution in [0.25, 0.3) is 11.3 Å². The van der Waals surface area contributed by atoms with E-state index in [9.17, 15) is 4.79 Å². The Morgan fingerprint density at radius 2 is 1.94 bits per heavy atom. The number of aryl methyl sites for hydroxylation is 1. The van der Waals surface area contributed by atoms with E-state index in [0.717, 1.165) is 23.6 Å². The van der Waals surface area contributed by atoms with Gasteiger partial charge in [0.1, 0.15) is 11.5 Å². The summed E-state index contributed by atoms with van der Waals surface area (Å²) >= 11 is 6.61. The van der Waals surface area contributed by atoms with Crippen molar-refractivity contribution in [3.8, 4) is 11.3 Å². The predicted molar refractivity (Wildman–Crippen MR) is 140 cm³/mol. The standard InChI is InChI=1S/C27H33ClN4O2/c1-6-22-26(30-24-19-12-10-9-11-17(19)15-23(24)34-8-3)32(7-2)27(33)25(29-22)20-14-13-18(31(4)5)16-21(20)28/h9-14,16,23-24,30H,6-8,15H2,1-5H3/t23-,24?/m0/s1. The van der Waals surface area contributed by atoms with Gasteiger partial charge in [-0.05, 0) is 49.6 Å². The zero-order valence-electron chi connectivity index (χ0n) is 20.6. The first-order valence-electron chi connectivity index (χ1n) is 12.0. The van der Waals surface area contributed by atoms with E-state index in [-0.39, 0.29) is 17.7 Å². The summed E-state index contributed by atoms with van der Waals surface area (Å²) < 4.78 is 7.87. The molecule has 0 bridgehead atoms. The van der Waals surface area contributed by atoms with Crippen LogP contribution < -0.4 is 15.8 Å². The molecule has 0 saturated carbocycles. The Balaban J connectivity index is 1.81. The van der Waals surface area contributed by atoms with E-state index < -0.39 is 0 Å². The topological polar surface area (TPSA) is 59.4 Å². The summed E-state index contributed by atoms with van der Waals surface area (Å²) in [4.78, 5) is 20.5. The fraction of sp³-hybridized carbons (Fsp3) is 0.407. The van der Waals surface area contributed by atoms with Crippen molar-refractivity contribution in [3.05, 3.63) is 74.7 Å². The first-order chi connectivity index (χ1) is 16.4. The molecule has 2 aromatic carbocycles. The lowest BCUT2D eigenvalue weighted by molar-refractivity contribution is 0.0572. The lowest BCUT2D eigenvalue weighted by Gasteiger charge is -2.26. The van der Waals surface area contributed by atoms with Gasteiger partial charge in [-0.1, -0.05) is 42.8 Å². The van der Waals surface area contributed by atoms with Crippen LogP contribution in [-0.2, 0) is 24.1 Å². The lowest BCUT2D eigenvalue weighted by Crippen LogP contribution is -2.32. The highest BCUT2D eigenvalue weighted by molar-refractivity contribution is 6.33. The molecule has 1 N–H and O–H groups in total. The SMILES string of the molecule is CCO[C@H]1Cc2ccccc2C1Nc1c(CC)nc(-c2ccc(N(C)C)cc2Cl)c(=O)n1CC. The van der Waals surface area contributed by atoms with Crippen LogP contribution in [0.5, 0.6) is 0 Å².